The van der Waals surface area contributed by atoms with Gasteiger partial charge in [-0.2, -0.15) is 0 Å². The van der Waals surface area contributed by atoms with Gasteiger partial charge in [-0.05, 0) is 49.2 Å². The molecule has 0 radical (unpaired) electrons. The molecule has 2 aromatic rings. The molecule has 0 aliphatic carbocycles. The SMILES string of the molecule is COc1ccc(COc2ccccc2C(C)=O)cc1C. The van der Waals surface area contributed by atoms with Crippen LogP contribution in [-0.4, -0.2) is 12.9 Å². The number of hydrogen-bond donors (Lipinski definition) is 0. The fourth-order valence-corrected chi connectivity index (χ4v) is 2.07. The van der Waals surface area contributed by atoms with E-state index >= 15 is 0 Å². The Morgan fingerprint density at radius 3 is 2.50 bits per heavy atom. The van der Waals surface area contributed by atoms with Gasteiger partial charge >= 0.3 is 0 Å². The van der Waals surface area contributed by atoms with Gasteiger partial charge in [-0.25, -0.2) is 0 Å². The van der Waals surface area contributed by atoms with Crippen LogP contribution in [-0.2, 0) is 6.61 Å². The van der Waals surface area contributed by atoms with Crippen LogP contribution < -0.4 is 9.47 Å². The average molecular weight is 270 g/mol. The van der Waals surface area contributed by atoms with E-state index in [0.717, 1.165) is 16.9 Å². The normalized spacial score (nSPS) is 10.2. The fraction of sp³-hybridized carbons (Fsp3) is 0.235. The highest BCUT2D eigenvalue weighted by molar-refractivity contribution is 5.96. The van der Waals surface area contributed by atoms with E-state index in [2.05, 4.69) is 0 Å². The number of carbonyl (C=O) groups is 1. The molecule has 2 aromatic carbocycles. The number of ether oxygens (including phenoxy) is 2. The Morgan fingerprint density at radius 2 is 1.85 bits per heavy atom. The molecule has 0 fully saturated rings. The summed E-state index contributed by atoms with van der Waals surface area (Å²) in [7, 11) is 1.65. The maximum atomic E-state index is 11.5. The minimum Gasteiger partial charge on any atom is -0.496 e. The summed E-state index contributed by atoms with van der Waals surface area (Å²) in [5.41, 5.74) is 2.72. The van der Waals surface area contributed by atoms with Gasteiger partial charge in [0.15, 0.2) is 5.78 Å². The first-order valence-corrected chi connectivity index (χ1v) is 6.48. The molecule has 0 N–H and O–H groups in total. The van der Waals surface area contributed by atoms with Crippen molar-refractivity contribution in [2.45, 2.75) is 20.5 Å². The lowest BCUT2D eigenvalue weighted by atomic mass is 10.1. The Hall–Kier alpha value is -2.29. The topological polar surface area (TPSA) is 35.5 Å². The summed E-state index contributed by atoms with van der Waals surface area (Å²) in [5.74, 6) is 1.48. The minimum absolute atomic E-state index is 0.00603. The van der Waals surface area contributed by atoms with Crippen LogP contribution in [0.3, 0.4) is 0 Å². The highest BCUT2D eigenvalue weighted by atomic mass is 16.5. The number of rotatable bonds is 5. The molecule has 0 amide bonds. The second kappa shape index (κ2) is 6.24. The van der Waals surface area contributed by atoms with Crippen LogP contribution in [0.4, 0.5) is 0 Å². The third-order valence-corrected chi connectivity index (χ3v) is 3.12. The van der Waals surface area contributed by atoms with E-state index in [1.54, 1.807) is 20.1 Å². The summed E-state index contributed by atoms with van der Waals surface area (Å²) < 4.78 is 11.0. The third kappa shape index (κ3) is 3.18. The Balaban J connectivity index is 2.13. The van der Waals surface area contributed by atoms with Gasteiger partial charge in [-0.15, -0.1) is 0 Å². The molecule has 0 aliphatic heterocycles. The van der Waals surface area contributed by atoms with Crippen molar-refractivity contribution in [1.82, 2.24) is 0 Å². The van der Waals surface area contributed by atoms with Gasteiger partial charge in [0.1, 0.15) is 18.1 Å². The van der Waals surface area contributed by atoms with E-state index < -0.39 is 0 Å². The maximum Gasteiger partial charge on any atom is 0.163 e. The van der Waals surface area contributed by atoms with Crippen molar-refractivity contribution < 1.29 is 14.3 Å². The van der Waals surface area contributed by atoms with E-state index in [1.165, 1.54) is 0 Å². The number of Topliss-reactive ketones (excluding diaryl/α,β-unsaturated/α-hetero) is 1. The Labute approximate surface area is 119 Å². The standard InChI is InChI=1S/C17H18O3/c1-12-10-14(8-9-16(12)19-3)11-20-17-7-5-4-6-15(17)13(2)18/h4-10H,11H2,1-3H3. The molecule has 0 aromatic heterocycles. The molecule has 0 heterocycles. The maximum absolute atomic E-state index is 11.5. The van der Waals surface area contributed by atoms with Crippen LogP contribution >= 0.6 is 0 Å². The average Bonchev–Trinajstić information content (AvgIpc) is 2.45. The molecule has 104 valence electrons. The molecule has 0 aliphatic rings. The van der Waals surface area contributed by atoms with Gasteiger partial charge in [-0.3, -0.25) is 4.79 Å². The fourth-order valence-electron chi connectivity index (χ4n) is 2.07. The predicted octanol–water partition coefficient (Wildman–Crippen LogP) is 3.79. The summed E-state index contributed by atoms with van der Waals surface area (Å²) in [4.78, 5) is 11.5. The predicted molar refractivity (Wildman–Crippen MR) is 78.5 cm³/mol. The van der Waals surface area contributed by atoms with Gasteiger partial charge < -0.3 is 9.47 Å². The molecule has 0 bridgehead atoms. The highest BCUT2D eigenvalue weighted by Crippen LogP contribution is 2.22. The van der Waals surface area contributed by atoms with Crippen LogP contribution in [0, 0.1) is 6.92 Å². The van der Waals surface area contributed by atoms with Crippen molar-refractivity contribution >= 4 is 5.78 Å². The number of hydrogen-bond acceptors (Lipinski definition) is 3. The van der Waals surface area contributed by atoms with Gasteiger partial charge in [-0.1, -0.05) is 18.2 Å². The number of ketones is 1. The molecule has 3 heteroatoms. The monoisotopic (exact) mass is 270 g/mol. The first-order valence-electron chi connectivity index (χ1n) is 6.48. The van der Waals surface area contributed by atoms with Crippen LogP contribution in [0.2, 0.25) is 0 Å². The van der Waals surface area contributed by atoms with E-state index in [0.29, 0.717) is 17.9 Å². The number of para-hydroxylation sites is 1. The first-order chi connectivity index (χ1) is 9.61. The summed E-state index contributed by atoms with van der Waals surface area (Å²) in [5, 5.41) is 0. The lowest BCUT2D eigenvalue weighted by Crippen LogP contribution is -2.01. The summed E-state index contributed by atoms with van der Waals surface area (Å²) >= 11 is 0. The van der Waals surface area contributed by atoms with E-state index in [9.17, 15) is 4.79 Å². The second-order valence-corrected chi connectivity index (χ2v) is 4.64. The lowest BCUT2D eigenvalue weighted by molar-refractivity contribution is 0.101. The molecule has 0 saturated heterocycles. The molecular formula is C17H18O3. The zero-order chi connectivity index (χ0) is 14.5. The third-order valence-electron chi connectivity index (χ3n) is 3.12. The molecule has 0 spiro atoms. The summed E-state index contributed by atoms with van der Waals surface area (Å²) in [6, 6.07) is 13.2. The lowest BCUT2D eigenvalue weighted by Gasteiger charge is -2.11. The smallest absolute Gasteiger partial charge is 0.163 e. The van der Waals surface area contributed by atoms with Crippen molar-refractivity contribution in [2.75, 3.05) is 7.11 Å². The van der Waals surface area contributed by atoms with Crippen LogP contribution in [0.15, 0.2) is 42.5 Å². The Morgan fingerprint density at radius 1 is 1.10 bits per heavy atom. The van der Waals surface area contributed by atoms with Crippen LogP contribution in [0.5, 0.6) is 11.5 Å². The molecule has 3 nitrogen and oxygen atoms in total. The zero-order valence-electron chi connectivity index (χ0n) is 12.0. The van der Waals surface area contributed by atoms with Crippen molar-refractivity contribution in [3.8, 4) is 11.5 Å². The zero-order valence-corrected chi connectivity index (χ0v) is 12.0. The minimum atomic E-state index is 0.00603. The van der Waals surface area contributed by atoms with Gasteiger partial charge in [0, 0.05) is 0 Å². The van der Waals surface area contributed by atoms with Gasteiger partial charge in [0.05, 0.1) is 12.7 Å². The summed E-state index contributed by atoms with van der Waals surface area (Å²) in [6.07, 6.45) is 0. The number of carbonyl (C=O) groups excluding carboxylic acids is 1. The van der Waals surface area contributed by atoms with Gasteiger partial charge in [0.2, 0.25) is 0 Å². The second-order valence-electron chi connectivity index (χ2n) is 4.64. The molecule has 0 saturated carbocycles. The number of methoxy groups -OCH3 is 1. The quantitative estimate of drug-likeness (QED) is 0.775. The number of aryl methyl sites for hydroxylation is 1. The highest BCUT2D eigenvalue weighted by Gasteiger charge is 2.08. The first kappa shape index (κ1) is 14.1. The van der Waals surface area contributed by atoms with Crippen LogP contribution in [0.25, 0.3) is 0 Å². The molecule has 2 rings (SSSR count). The summed E-state index contributed by atoms with van der Waals surface area (Å²) in [6.45, 7) is 3.96. The largest absolute Gasteiger partial charge is 0.496 e. The Kier molecular flexibility index (Phi) is 4.41. The van der Waals surface area contributed by atoms with E-state index in [4.69, 9.17) is 9.47 Å². The van der Waals surface area contributed by atoms with Crippen LogP contribution in [0.1, 0.15) is 28.4 Å². The van der Waals surface area contributed by atoms with Crippen molar-refractivity contribution in [3.63, 3.8) is 0 Å². The molecular weight excluding hydrogens is 252 g/mol. The molecule has 0 unspecified atom stereocenters. The van der Waals surface area contributed by atoms with Crippen molar-refractivity contribution in [3.05, 3.63) is 59.2 Å². The van der Waals surface area contributed by atoms with Crippen molar-refractivity contribution in [2.24, 2.45) is 0 Å². The molecule has 20 heavy (non-hydrogen) atoms. The van der Waals surface area contributed by atoms with E-state index in [1.807, 2.05) is 43.3 Å². The molecule has 0 atom stereocenters. The van der Waals surface area contributed by atoms with Gasteiger partial charge in [0.25, 0.3) is 0 Å². The van der Waals surface area contributed by atoms with E-state index in [-0.39, 0.29) is 5.78 Å². The number of benzene rings is 2. The Bertz CT molecular complexity index is 617. The van der Waals surface area contributed by atoms with Crippen molar-refractivity contribution in [1.29, 1.82) is 0 Å².